The monoisotopic (exact) mass is 496 g/mol. The molecule has 37 heavy (non-hydrogen) atoms. The summed E-state index contributed by atoms with van der Waals surface area (Å²) >= 11 is 0. The molecule has 0 bridgehead atoms. The summed E-state index contributed by atoms with van der Waals surface area (Å²) in [6.07, 6.45) is 3.60. The fourth-order valence-electron chi connectivity index (χ4n) is 4.65. The number of anilines is 3. The minimum absolute atomic E-state index is 0.107. The van der Waals surface area contributed by atoms with Crippen molar-refractivity contribution in [3.8, 4) is 11.5 Å². The van der Waals surface area contributed by atoms with E-state index in [1.165, 1.54) is 0 Å². The van der Waals surface area contributed by atoms with Gasteiger partial charge in [-0.05, 0) is 62.1 Å². The highest BCUT2D eigenvalue weighted by atomic mass is 16.5. The summed E-state index contributed by atoms with van der Waals surface area (Å²) in [7, 11) is 3.99. The van der Waals surface area contributed by atoms with Crippen molar-refractivity contribution in [2.24, 2.45) is 0 Å². The predicted octanol–water partition coefficient (Wildman–Crippen LogP) is 6.03. The predicted molar refractivity (Wildman–Crippen MR) is 149 cm³/mol. The van der Waals surface area contributed by atoms with Crippen molar-refractivity contribution in [1.82, 2.24) is 15.3 Å². The number of rotatable bonds is 7. The van der Waals surface area contributed by atoms with Crippen LogP contribution in [0.3, 0.4) is 0 Å². The Kier molecular flexibility index (Phi) is 7.35. The molecule has 5 rings (SSSR count). The molecule has 0 atom stereocenters. The van der Waals surface area contributed by atoms with Gasteiger partial charge in [-0.2, -0.15) is 4.98 Å². The van der Waals surface area contributed by atoms with Crippen molar-refractivity contribution >= 4 is 34.4 Å². The molecule has 0 aliphatic heterocycles. The van der Waals surface area contributed by atoms with Crippen LogP contribution in [0.2, 0.25) is 0 Å². The highest BCUT2D eigenvalue weighted by Crippen LogP contribution is 2.30. The van der Waals surface area contributed by atoms with Crippen LogP contribution < -0.4 is 25.6 Å². The van der Waals surface area contributed by atoms with E-state index in [1.807, 2.05) is 97.9 Å². The first-order valence-electron chi connectivity index (χ1n) is 12.7. The number of benzene rings is 3. The molecule has 3 N–H and O–H groups in total. The first-order chi connectivity index (χ1) is 18.0. The van der Waals surface area contributed by atoms with Crippen LogP contribution in [0, 0.1) is 0 Å². The molecule has 0 unspecified atom stereocenters. The van der Waals surface area contributed by atoms with E-state index in [0.717, 1.165) is 48.2 Å². The van der Waals surface area contributed by atoms with E-state index in [-0.39, 0.29) is 18.1 Å². The third-order valence-electron chi connectivity index (χ3n) is 6.51. The Morgan fingerprint density at radius 3 is 2.30 bits per heavy atom. The minimum Gasteiger partial charge on any atom is -0.455 e. The van der Waals surface area contributed by atoms with E-state index in [4.69, 9.17) is 14.7 Å². The van der Waals surface area contributed by atoms with E-state index < -0.39 is 0 Å². The molecule has 0 saturated heterocycles. The second kappa shape index (κ2) is 11.2. The molecule has 8 nitrogen and oxygen atoms in total. The van der Waals surface area contributed by atoms with Crippen molar-refractivity contribution in [3.05, 3.63) is 78.9 Å². The van der Waals surface area contributed by atoms with E-state index in [9.17, 15) is 4.79 Å². The number of fused-ring (bicyclic) bond motifs is 1. The maximum atomic E-state index is 12.8. The van der Waals surface area contributed by atoms with Crippen LogP contribution in [0.4, 0.5) is 22.2 Å². The number of carbonyl (C=O) groups excluding carboxylic acids is 1. The van der Waals surface area contributed by atoms with E-state index in [1.54, 1.807) is 0 Å². The molecule has 0 radical (unpaired) electrons. The summed E-state index contributed by atoms with van der Waals surface area (Å²) in [6, 6.07) is 25.2. The number of nitrogens with zero attached hydrogens (tertiary/aromatic N) is 3. The number of urea groups is 1. The zero-order valence-electron chi connectivity index (χ0n) is 21.1. The molecule has 1 heterocycles. The molecule has 1 fully saturated rings. The minimum atomic E-state index is -0.228. The second-order valence-electron chi connectivity index (χ2n) is 9.49. The lowest BCUT2D eigenvalue weighted by Gasteiger charge is -2.30. The molecule has 4 aromatic rings. The lowest BCUT2D eigenvalue weighted by Crippen LogP contribution is -2.42. The van der Waals surface area contributed by atoms with Crippen LogP contribution in [-0.4, -0.2) is 42.2 Å². The standard InChI is InChI=1S/C29H32N6O2/c1-35(2)27-23-12-6-7-13-24(23)32-28(34-27)30-20-16-18-21(19-17-20)31-29(36)33-25-14-8-9-15-26(25)37-22-10-4-3-5-11-22/h3-15,20-21H,16-19H2,1-2H3,(H,30,32,34)(H2,31,33,36)/t20-,21+. The Labute approximate surface area is 217 Å². The molecule has 1 saturated carbocycles. The Morgan fingerprint density at radius 2 is 1.51 bits per heavy atom. The fourth-order valence-corrected chi connectivity index (χ4v) is 4.65. The number of para-hydroxylation sites is 4. The largest absolute Gasteiger partial charge is 0.455 e. The zero-order chi connectivity index (χ0) is 25.6. The lowest BCUT2D eigenvalue weighted by molar-refractivity contribution is 0.243. The Hall–Kier alpha value is -4.33. The van der Waals surface area contributed by atoms with Crippen LogP contribution in [0.1, 0.15) is 25.7 Å². The first kappa shape index (κ1) is 24.4. The molecule has 190 valence electrons. The zero-order valence-corrected chi connectivity index (χ0v) is 21.1. The maximum absolute atomic E-state index is 12.8. The molecule has 3 aromatic carbocycles. The van der Waals surface area contributed by atoms with Crippen LogP contribution in [-0.2, 0) is 0 Å². The van der Waals surface area contributed by atoms with Gasteiger partial charge in [0.15, 0.2) is 5.75 Å². The fraction of sp³-hybridized carbons (Fsp3) is 0.276. The Bertz CT molecular complexity index is 1350. The van der Waals surface area contributed by atoms with Crippen LogP contribution in [0.25, 0.3) is 10.9 Å². The topological polar surface area (TPSA) is 91.4 Å². The summed E-state index contributed by atoms with van der Waals surface area (Å²) in [6.45, 7) is 0. The van der Waals surface area contributed by atoms with Crippen molar-refractivity contribution in [1.29, 1.82) is 0 Å². The number of aromatic nitrogens is 2. The quantitative estimate of drug-likeness (QED) is 0.289. The van der Waals surface area contributed by atoms with Gasteiger partial charge in [-0.3, -0.25) is 0 Å². The van der Waals surface area contributed by atoms with Gasteiger partial charge in [0.05, 0.1) is 11.2 Å². The summed E-state index contributed by atoms with van der Waals surface area (Å²) in [4.78, 5) is 24.3. The smallest absolute Gasteiger partial charge is 0.319 e. The van der Waals surface area contributed by atoms with Gasteiger partial charge in [0, 0.05) is 31.6 Å². The highest BCUT2D eigenvalue weighted by Gasteiger charge is 2.24. The average Bonchev–Trinajstić information content (AvgIpc) is 2.91. The third kappa shape index (κ3) is 6.09. The third-order valence-corrected chi connectivity index (χ3v) is 6.51. The van der Waals surface area contributed by atoms with E-state index in [2.05, 4.69) is 16.0 Å². The lowest BCUT2D eigenvalue weighted by atomic mass is 9.91. The molecule has 0 spiro atoms. The number of amides is 2. The van der Waals surface area contributed by atoms with Gasteiger partial charge in [0.2, 0.25) is 5.95 Å². The molecule has 1 aliphatic rings. The molecular formula is C29H32N6O2. The van der Waals surface area contributed by atoms with Gasteiger partial charge in [-0.1, -0.05) is 42.5 Å². The van der Waals surface area contributed by atoms with Crippen LogP contribution in [0.5, 0.6) is 11.5 Å². The number of carbonyl (C=O) groups is 1. The average molecular weight is 497 g/mol. The number of hydrogen-bond donors (Lipinski definition) is 3. The number of hydrogen-bond acceptors (Lipinski definition) is 6. The van der Waals surface area contributed by atoms with Crippen molar-refractivity contribution < 1.29 is 9.53 Å². The van der Waals surface area contributed by atoms with Crippen LogP contribution >= 0.6 is 0 Å². The van der Waals surface area contributed by atoms with E-state index >= 15 is 0 Å². The van der Waals surface area contributed by atoms with Gasteiger partial charge in [0.1, 0.15) is 11.6 Å². The molecule has 8 heteroatoms. The van der Waals surface area contributed by atoms with Gasteiger partial charge < -0.3 is 25.6 Å². The summed E-state index contributed by atoms with van der Waals surface area (Å²) in [5.74, 6) is 2.86. The number of nitrogens with one attached hydrogen (secondary N) is 3. The SMILES string of the molecule is CN(C)c1nc(N[C@H]2CC[C@@H](NC(=O)Nc3ccccc3Oc3ccccc3)CC2)nc2ccccc12. The number of ether oxygens (including phenoxy) is 1. The van der Waals surface area contributed by atoms with Crippen molar-refractivity contribution in [2.45, 2.75) is 37.8 Å². The van der Waals surface area contributed by atoms with Crippen molar-refractivity contribution in [3.63, 3.8) is 0 Å². The summed E-state index contributed by atoms with van der Waals surface area (Å²) in [5.41, 5.74) is 1.55. The Morgan fingerprint density at radius 1 is 0.838 bits per heavy atom. The Balaban J connectivity index is 1.15. The molecule has 2 amide bonds. The molecule has 1 aliphatic carbocycles. The maximum Gasteiger partial charge on any atom is 0.319 e. The van der Waals surface area contributed by atoms with Gasteiger partial charge >= 0.3 is 6.03 Å². The van der Waals surface area contributed by atoms with Gasteiger partial charge in [0.25, 0.3) is 0 Å². The normalized spacial score (nSPS) is 17.1. The van der Waals surface area contributed by atoms with Gasteiger partial charge in [-0.15, -0.1) is 0 Å². The second-order valence-corrected chi connectivity index (χ2v) is 9.49. The van der Waals surface area contributed by atoms with Gasteiger partial charge in [-0.25, -0.2) is 9.78 Å². The van der Waals surface area contributed by atoms with E-state index in [0.29, 0.717) is 17.4 Å². The first-order valence-corrected chi connectivity index (χ1v) is 12.7. The van der Waals surface area contributed by atoms with Crippen LogP contribution in [0.15, 0.2) is 78.9 Å². The van der Waals surface area contributed by atoms with Crippen molar-refractivity contribution in [2.75, 3.05) is 29.6 Å². The molecular weight excluding hydrogens is 464 g/mol. The molecule has 1 aromatic heterocycles. The highest BCUT2D eigenvalue weighted by molar-refractivity contribution is 5.91. The summed E-state index contributed by atoms with van der Waals surface area (Å²) < 4.78 is 5.96. The summed E-state index contributed by atoms with van der Waals surface area (Å²) in [5, 5.41) is 10.6.